The Morgan fingerprint density at radius 2 is 1.76 bits per heavy atom. The maximum Gasteiger partial charge on any atom is 0.146 e. The quantitative estimate of drug-likeness (QED) is 0.364. The molecule has 0 amide bonds. The van der Waals surface area contributed by atoms with Gasteiger partial charge in [0.1, 0.15) is 34.7 Å². The van der Waals surface area contributed by atoms with Crippen LogP contribution in [-0.4, -0.2) is 19.5 Å². The van der Waals surface area contributed by atoms with Gasteiger partial charge in [-0.2, -0.15) is 0 Å². The minimum atomic E-state index is -0.643. The molecule has 2 aromatic carbocycles. The van der Waals surface area contributed by atoms with Gasteiger partial charge in [0.25, 0.3) is 0 Å². The summed E-state index contributed by atoms with van der Waals surface area (Å²) in [6.45, 7) is 1.79. The van der Waals surface area contributed by atoms with Crippen LogP contribution in [0.4, 0.5) is 19.0 Å². The SMILES string of the molecule is Cc1nc(N)c2c(-c3ccc4cc(Cc5cc(F)cc(F)c5)ncc4c3F)cn(C3CC3)c2n1. The summed E-state index contributed by atoms with van der Waals surface area (Å²) >= 11 is 0. The molecular weight excluding hydrogens is 439 g/mol. The monoisotopic (exact) mass is 459 g/mol. The van der Waals surface area contributed by atoms with E-state index in [2.05, 4.69) is 19.5 Å². The summed E-state index contributed by atoms with van der Waals surface area (Å²) in [6.07, 6.45) is 5.71. The first kappa shape index (κ1) is 20.7. The fourth-order valence-corrected chi connectivity index (χ4v) is 4.58. The Kier molecular flexibility index (Phi) is 4.58. The molecule has 2 N–H and O–H groups in total. The number of rotatable bonds is 4. The van der Waals surface area contributed by atoms with Crippen molar-refractivity contribution in [2.75, 3.05) is 5.73 Å². The van der Waals surface area contributed by atoms with Crippen molar-refractivity contribution >= 4 is 27.6 Å². The van der Waals surface area contributed by atoms with Gasteiger partial charge in [0.15, 0.2) is 0 Å². The molecule has 6 rings (SSSR count). The van der Waals surface area contributed by atoms with Gasteiger partial charge in [-0.3, -0.25) is 4.98 Å². The predicted octanol–water partition coefficient (Wildman–Crippen LogP) is 5.88. The van der Waals surface area contributed by atoms with Crippen LogP contribution in [0.15, 0.2) is 48.8 Å². The van der Waals surface area contributed by atoms with E-state index in [1.807, 2.05) is 12.3 Å². The van der Waals surface area contributed by atoms with Crippen molar-refractivity contribution in [1.82, 2.24) is 19.5 Å². The Hall–Kier alpha value is -3.94. The van der Waals surface area contributed by atoms with Gasteiger partial charge in [-0.05, 0) is 48.9 Å². The average Bonchev–Trinajstić information content (AvgIpc) is 3.54. The van der Waals surface area contributed by atoms with Crippen molar-refractivity contribution in [3.63, 3.8) is 0 Å². The van der Waals surface area contributed by atoms with E-state index in [4.69, 9.17) is 5.73 Å². The van der Waals surface area contributed by atoms with E-state index < -0.39 is 17.5 Å². The first-order valence-electron chi connectivity index (χ1n) is 11.0. The van der Waals surface area contributed by atoms with Gasteiger partial charge in [-0.1, -0.05) is 12.1 Å². The third-order valence-electron chi connectivity index (χ3n) is 6.24. The van der Waals surface area contributed by atoms with Crippen LogP contribution in [0.2, 0.25) is 0 Å². The molecule has 0 bridgehead atoms. The molecule has 5 aromatic rings. The largest absolute Gasteiger partial charge is 0.383 e. The fourth-order valence-electron chi connectivity index (χ4n) is 4.58. The number of nitrogens with zero attached hydrogens (tertiary/aromatic N) is 4. The molecule has 0 radical (unpaired) electrons. The molecule has 34 heavy (non-hydrogen) atoms. The number of hydrogen-bond donors (Lipinski definition) is 1. The van der Waals surface area contributed by atoms with Crippen molar-refractivity contribution < 1.29 is 13.2 Å². The Bertz CT molecular complexity index is 1580. The van der Waals surface area contributed by atoms with Crippen LogP contribution in [0.25, 0.3) is 32.9 Å². The van der Waals surface area contributed by atoms with Gasteiger partial charge in [0, 0.05) is 53.1 Å². The topological polar surface area (TPSA) is 69.6 Å². The lowest BCUT2D eigenvalue weighted by Gasteiger charge is -2.09. The molecule has 0 atom stereocenters. The molecule has 8 heteroatoms. The summed E-state index contributed by atoms with van der Waals surface area (Å²) in [4.78, 5) is 13.2. The van der Waals surface area contributed by atoms with Crippen LogP contribution in [-0.2, 0) is 6.42 Å². The zero-order valence-electron chi connectivity index (χ0n) is 18.3. The van der Waals surface area contributed by atoms with Crippen molar-refractivity contribution in [2.45, 2.75) is 32.2 Å². The van der Waals surface area contributed by atoms with E-state index >= 15 is 4.39 Å². The molecule has 3 aromatic heterocycles. The highest BCUT2D eigenvalue weighted by Gasteiger charge is 2.29. The number of nitrogen functional groups attached to an aromatic ring is 1. The van der Waals surface area contributed by atoms with Gasteiger partial charge in [-0.25, -0.2) is 23.1 Å². The molecular formula is C26H20F3N5. The minimum absolute atomic E-state index is 0.232. The van der Waals surface area contributed by atoms with E-state index in [0.717, 1.165) is 24.6 Å². The number of benzene rings is 2. The Balaban J connectivity index is 1.45. The number of anilines is 1. The number of halogens is 3. The highest BCUT2D eigenvalue weighted by atomic mass is 19.1. The number of aromatic nitrogens is 4. The second-order valence-electron chi connectivity index (χ2n) is 8.81. The summed E-state index contributed by atoms with van der Waals surface area (Å²) in [5, 5.41) is 1.65. The van der Waals surface area contributed by atoms with E-state index in [0.29, 0.717) is 56.2 Å². The zero-order chi connectivity index (χ0) is 23.6. The Labute approximate surface area is 193 Å². The van der Waals surface area contributed by atoms with Gasteiger partial charge in [0.2, 0.25) is 0 Å². The van der Waals surface area contributed by atoms with Crippen LogP contribution in [0, 0.1) is 24.4 Å². The summed E-state index contributed by atoms with van der Waals surface area (Å²) < 4.78 is 44.9. The molecule has 1 aliphatic rings. The number of aryl methyl sites for hydroxylation is 1. The standard InChI is InChI=1S/C26H20F3N5/c1-13-32-25(30)23-22(12-34(19-3-4-19)26(23)33-13)20-5-2-15-9-18(31-11-21(15)24(20)29)8-14-6-16(27)10-17(28)7-14/h2,5-7,9-12,19H,3-4,8H2,1H3,(H2,30,32,33). The highest BCUT2D eigenvalue weighted by Crippen LogP contribution is 2.43. The van der Waals surface area contributed by atoms with Crippen LogP contribution >= 0.6 is 0 Å². The first-order chi connectivity index (χ1) is 16.4. The molecule has 170 valence electrons. The van der Waals surface area contributed by atoms with E-state index in [1.165, 1.54) is 18.3 Å². The van der Waals surface area contributed by atoms with Gasteiger partial charge in [-0.15, -0.1) is 0 Å². The van der Waals surface area contributed by atoms with Crippen LogP contribution < -0.4 is 5.73 Å². The first-order valence-corrected chi connectivity index (χ1v) is 11.0. The smallest absolute Gasteiger partial charge is 0.146 e. The van der Waals surface area contributed by atoms with Crippen molar-refractivity contribution in [1.29, 1.82) is 0 Å². The van der Waals surface area contributed by atoms with Crippen LogP contribution in [0.3, 0.4) is 0 Å². The lowest BCUT2D eigenvalue weighted by atomic mass is 10.00. The number of hydrogen-bond acceptors (Lipinski definition) is 4. The lowest BCUT2D eigenvalue weighted by Crippen LogP contribution is -2.00. The van der Waals surface area contributed by atoms with Crippen molar-refractivity contribution in [2.24, 2.45) is 0 Å². The van der Waals surface area contributed by atoms with Gasteiger partial charge >= 0.3 is 0 Å². The molecule has 3 heterocycles. The van der Waals surface area contributed by atoms with Crippen molar-refractivity contribution in [3.05, 3.63) is 83.3 Å². The average molecular weight is 459 g/mol. The molecule has 1 saturated carbocycles. The lowest BCUT2D eigenvalue weighted by molar-refractivity contribution is 0.580. The normalized spacial score (nSPS) is 13.8. The minimum Gasteiger partial charge on any atom is -0.383 e. The second kappa shape index (κ2) is 7.55. The molecule has 0 unspecified atom stereocenters. The summed E-state index contributed by atoms with van der Waals surface area (Å²) in [6, 6.07) is 8.97. The molecule has 1 aliphatic carbocycles. The van der Waals surface area contributed by atoms with Crippen molar-refractivity contribution in [3.8, 4) is 11.1 Å². The number of pyridine rings is 1. The Morgan fingerprint density at radius 3 is 2.50 bits per heavy atom. The zero-order valence-corrected chi connectivity index (χ0v) is 18.3. The molecule has 0 aliphatic heterocycles. The summed E-state index contributed by atoms with van der Waals surface area (Å²) in [5.41, 5.74) is 9.07. The molecule has 1 fully saturated rings. The summed E-state index contributed by atoms with van der Waals surface area (Å²) in [5.74, 6) is -0.800. The predicted molar refractivity (Wildman–Crippen MR) is 125 cm³/mol. The summed E-state index contributed by atoms with van der Waals surface area (Å²) in [7, 11) is 0. The Morgan fingerprint density at radius 1 is 1.00 bits per heavy atom. The second-order valence-corrected chi connectivity index (χ2v) is 8.81. The van der Waals surface area contributed by atoms with Gasteiger partial charge < -0.3 is 10.3 Å². The van der Waals surface area contributed by atoms with E-state index in [1.54, 1.807) is 19.1 Å². The number of fused-ring (bicyclic) bond motifs is 2. The van der Waals surface area contributed by atoms with E-state index in [9.17, 15) is 8.78 Å². The van der Waals surface area contributed by atoms with Crippen LogP contribution in [0.1, 0.15) is 36.0 Å². The third-order valence-corrected chi connectivity index (χ3v) is 6.24. The molecule has 5 nitrogen and oxygen atoms in total. The van der Waals surface area contributed by atoms with Gasteiger partial charge in [0.05, 0.1) is 5.39 Å². The molecule has 0 saturated heterocycles. The van der Waals surface area contributed by atoms with E-state index in [-0.39, 0.29) is 6.42 Å². The maximum atomic E-state index is 15.8. The van der Waals surface area contributed by atoms with Crippen LogP contribution in [0.5, 0.6) is 0 Å². The third kappa shape index (κ3) is 3.46. The maximum absolute atomic E-state index is 15.8. The molecule has 0 spiro atoms. The number of nitrogens with two attached hydrogens (primary N) is 1. The highest BCUT2D eigenvalue weighted by molar-refractivity contribution is 6.02. The fraction of sp³-hybridized carbons (Fsp3) is 0.192.